The predicted molar refractivity (Wildman–Crippen MR) is 94.9 cm³/mol. The van der Waals surface area contributed by atoms with Gasteiger partial charge in [-0.15, -0.1) is 0 Å². The molecule has 1 aliphatic heterocycles. The zero-order valence-electron chi connectivity index (χ0n) is 13.5. The fourth-order valence-corrected chi connectivity index (χ4v) is 2.79. The van der Waals surface area contributed by atoms with E-state index in [2.05, 4.69) is 15.6 Å². The number of amides is 1. The smallest absolute Gasteiger partial charge is 0.259 e. The molecule has 126 valence electrons. The van der Waals surface area contributed by atoms with Gasteiger partial charge >= 0.3 is 0 Å². The van der Waals surface area contributed by atoms with E-state index < -0.39 is 0 Å². The summed E-state index contributed by atoms with van der Waals surface area (Å²) < 4.78 is 11.1. The maximum atomic E-state index is 12.7. The largest absolute Gasteiger partial charge is 0.491 e. The molecule has 6 heteroatoms. The van der Waals surface area contributed by atoms with Gasteiger partial charge in [0.05, 0.1) is 24.1 Å². The fraction of sp³-hybridized carbons (Fsp3) is 0.158. The van der Waals surface area contributed by atoms with Gasteiger partial charge in [-0.2, -0.15) is 0 Å². The van der Waals surface area contributed by atoms with Crippen molar-refractivity contribution in [1.29, 1.82) is 0 Å². The van der Waals surface area contributed by atoms with Crippen molar-refractivity contribution in [1.82, 2.24) is 4.98 Å². The van der Waals surface area contributed by atoms with Gasteiger partial charge in [-0.1, -0.05) is 18.2 Å². The first-order valence-electron chi connectivity index (χ1n) is 8.11. The number of oxazole rings is 1. The second-order valence-corrected chi connectivity index (χ2v) is 5.71. The molecule has 2 N–H and O–H groups in total. The van der Waals surface area contributed by atoms with Crippen molar-refractivity contribution >= 4 is 17.3 Å². The van der Waals surface area contributed by atoms with E-state index in [0.29, 0.717) is 29.4 Å². The summed E-state index contributed by atoms with van der Waals surface area (Å²) in [6.07, 6.45) is 3.91. The summed E-state index contributed by atoms with van der Waals surface area (Å²) in [6, 6.07) is 13.0. The molecular formula is C19H17N3O3. The molecule has 1 aromatic heterocycles. The maximum absolute atomic E-state index is 12.7. The van der Waals surface area contributed by atoms with Gasteiger partial charge in [0.25, 0.3) is 5.91 Å². The molecule has 0 atom stereocenters. The SMILES string of the molecule is O=C(Nc1cccc(-c2cnco2)c1)c1cccc2c1OCCCN2. The normalized spacial score (nSPS) is 13.1. The summed E-state index contributed by atoms with van der Waals surface area (Å²) in [5.74, 6) is 1.04. The highest BCUT2D eigenvalue weighted by Gasteiger charge is 2.18. The Morgan fingerprint density at radius 3 is 3.00 bits per heavy atom. The molecule has 0 saturated heterocycles. The van der Waals surface area contributed by atoms with Crippen LogP contribution in [-0.2, 0) is 0 Å². The van der Waals surface area contributed by atoms with Crippen LogP contribution in [0.1, 0.15) is 16.8 Å². The quantitative estimate of drug-likeness (QED) is 0.761. The molecule has 0 bridgehead atoms. The molecule has 1 aliphatic rings. The van der Waals surface area contributed by atoms with Gasteiger partial charge in [0.1, 0.15) is 0 Å². The molecule has 1 amide bonds. The lowest BCUT2D eigenvalue weighted by Gasteiger charge is -2.13. The highest BCUT2D eigenvalue weighted by atomic mass is 16.5. The molecule has 6 nitrogen and oxygen atoms in total. The molecule has 4 rings (SSSR count). The number of carbonyl (C=O) groups is 1. The van der Waals surface area contributed by atoms with Crippen LogP contribution in [0.4, 0.5) is 11.4 Å². The van der Waals surface area contributed by atoms with Crippen LogP contribution in [0.25, 0.3) is 11.3 Å². The monoisotopic (exact) mass is 335 g/mol. The van der Waals surface area contributed by atoms with Gasteiger partial charge in [-0.25, -0.2) is 4.98 Å². The Bertz CT molecular complexity index is 891. The van der Waals surface area contributed by atoms with Crippen LogP contribution in [0.2, 0.25) is 0 Å². The van der Waals surface area contributed by atoms with Crippen LogP contribution in [0.5, 0.6) is 5.75 Å². The highest BCUT2D eigenvalue weighted by molar-refractivity contribution is 6.07. The van der Waals surface area contributed by atoms with Crippen molar-refractivity contribution in [2.24, 2.45) is 0 Å². The third kappa shape index (κ3) is 3.19. The number of para-hydroxylation sites is 1. The van der Waals surface area contributed by atoms with Crippen molar-refractivity contribution in [2.75, 3.05) is 23.8 Å². The molecule has 0 aliphatic carbocycles. The minimum Gasteiger partial charge on any atom is -0.491 e. The molecule has 2 heterocycles. The second kappa shape index (κ2) is 6.68. The van der Waals surface area contributed by atoms with Crippen LogP contribution >= 0.6 is 0 Å². The van der Waals surface area contributed by atoms with Crippen molar-refractivity contribution < 1.29 is 13.9 Å². The number of nitrogens with zero attached hydrogens (tertiary/aromatic N) is 1. The minimum atomic E-state index is -0.213. The molecule has 0 saturated carbocycles. The van der Waals surface area contributed by atoms with Gasteiger partial charge in [0, 0.05) is 17.8 Å². The van der Waals surface area contributed by atoms with E-state index in [0.717, 1.165) is 24.2 Å². The van der Waals surface area contributed by atoms with Crippen molar-refractivity contribution in [3.8, 4) is 17.1 Å². The first-order chi connectivity index (χ1) is 12.3. The molecule has 0 fully saturated rings. The van der Waals surface area contributed by atoms with E-state index in [9.17, 15) is 4.79 Å². The van der Waals surface area contributed by atoms with Crippen LogP contribution in [0.15, 0.2) is 59.5 Å². The summed E-state index contributed by atoms with van der Waals surface area (Å²) in [6.45, 7) is 1.42. The Morgan fingerprint density at radius 2 is 2.12 bits per heavy atom. The van der Waals surface area contributed by atoms with E-state index >= 15 is 0 Å². The van der Waals surface area contributed by atoms with Crippen molar-refractivity contribution in [3.63, 3.8) is 0 Å². The molecule has 0 radical (unpaired) electrons. The van der Waals surface area contributed by atoms with Gasteiger partial charge in [-0.05, 0) is 30.7 Å². The van der Waals surface area contributed by atoms with Gasteiger partial charge in [0.15, 0.2) is 17.9 Å². The number of hydrogen-bond acceptors (Lipinski definition) is 5. The number of nitrogens with one attached hydrogen (secondary N) is 2. The number of hydrogen-bond donors (Lipinski definition) is 2. The van der Waals surface area contributed by atoms with E-state index in [1.165, 1.54) is 6.39 Å². The zero-order valence-corrected chi connectivity index (χ0v) is 13.5. The number of carbonyl (C=O) groups excluding carboxylic acids is 1. The summed E-state index contributed by atoms with van der Waals surface area (Å²) >= 11 is 0. The number of benzene rings is 2. The maximum Gasteiger partial charge on any atom is 0.259 e. The average molecular weight is 335 g/mol. The zero-order chi connectivity index (χ0) is 17.1. The number of aromatic nitrogens is 1. The lowest BCUT2D eigenvalue weighted by Crippen LogP contribution is -2.14. The van der Waals surface area contributed by atoms with Crippen LogP contribution in [-0.4, -0.2) is 24.0 Å². The first-order valence-corrected chi connectivity index (χ1v) is 8.11. The highest BCUT2D eigenvalue weighted by Crippen LogP contribution is 2.31. The third-order valence-corrected chi connectivity index (χ3v) is 3.98. The van der Waals surface area contributed by atoms with E-state index in [-0.39, 0.29) is 5.91 Å². The number of rotatable bonds is 3. The summed E-state index contributed by atoms with van der Waals surface area (Å²) in [7, 11) is 0. The molecule has 0 unspecified atom stereocenters. The van der Waals surface area contributed by atoms with Gasteiger partial charge < -0.3 is 19.8 Å². The minimum absolute atomic E-state index is 0.213. The van der Waals surface area contributed by atoms with Gasteiger partial charge in [-0.3, -0.25) is 4.79 Å². The molecular weight excluding hydrogens is 318 g/mol. The van der Waals surface area contributed by atoms with Crippen LogP contribution < -0.4 is 15.4 Å². The van der Waals surface area contributed by atoms with Crippen LogP contribution in [0, 0.1) is 0 Å². The van der Waals surface area contributed by atoms with E-state index in [4.69, 9.17) is 9.15 Å². The Kier molecular flexibility index (Phi) is 4.08. The van der Waals surface area contributed by atoms with E-state index in [1.54, 1.807) is 12.3 Å². The molecule has 2 aromatic carbocycles. The third-order valence-electron chi connectivity index (χ3n) is 3.98. The summed E-state index contributed by atoms with van der Waals surface area (Å²) in [4.78, 5) is 16.7. The Labute approximate surface area is 144 Å². The molecule has 0 spiro atoms. The number of fused-ring (bicyclic) bond motifs is 1. The van der Waals surface area contributed by atoms with Gasteiger partial charge in [0.2, 0.25) is 0 Å². The van der Waals surface area contributed by atoms with Crippen molar-refractivity contribution in [3.05, 3.63) is 60.6 Å². The first kappa shape index (κ1) is 15.3. The van der Waals surface area contributed by atoms with E-state index in [1.807, 2.05) is 36.4 Å². The fourth-order valence-electron chi connectivity index (χ4n) is 2.79. The van der Waals surface area contributed by atoms with Crippen LogP contribution in [0.3, 0.4) is 0 Å². The Morgan fingerprint density at radius 1 is 1.20 bits per heavy atom. The molecule has 25 heavy (non-hydrogen) atoms. The standard InChI is InChI=1S/C19H17N3O3/c23-19(15-6-2-7-16-18(15)24-9-3-8-21-16)22-14-5-1-4-13(10-14)17-11-20-12-25-17/h1-2,4-7,10-12,21H,3,8-9H2,(H,22,23). The topological polar surface area (TPSA) is 76.4 Å². The number of anilines is 2. The molecule has 3 aromatic rings. The average Bonchev–Trinajstić information content (AvgIpc) is 3.07. The predicted octanol–water partition coefficient (Wildman–Crippen LogP) is 3.79. The summed E-state index contributed by atoms with van der Waals surface area (Å²) in [5, 5.41) is 6.21. The lowest BCUT2D eigenvalue weighted by molar-refractivity contribution is 0.102. The summed E-state index contributed by atoms with van der Waals surface area (Å²) in [5.41, 5.74) is 2.88. The lowest BCUT2D eigenvalue weighted by atomic mass is 10.1. The Hall–Kier alpha value is -3.28. The second-order valence-electron chi connectivity index (χ2n) is 5.71. The van der Waals surface area contributed by atoms with Crippen molar-refractivity contribution in [2.45, 2.75) is 6.42 Å². The number of ether oxygens (including phenoxy) is 1. The Balaban J connectivity index is 1.60.